The molecule has 0 amide bonds. The van der Waals surface area contributed by atoms with Gasteiger partial charge in [-0.05, 0) is 32.3 Å². The van der Waals surface area contributed by atoms with E-state index in [0.29, 0.717) is 34.9 Å². The van der Waals surface area contributed by atoms with Gasteiger partial charge in [0.2, 0.25) is 11.5 Å². The third kappa shape index (κ3) is 4.39. The van der Waals surface area contributed by atoms with Crippen molar-refractivity contribution >= 4 is 5.78 Å². The Bertz CT molecular complexity index is 952. The Hall–Kier alpha value is -3.17. The van der Waals surface area contributed by atoms with Gasteiger partial charge in [-0.15, -0.1) is 0 Å². The molecule has 9 heteroatoms. The van der Waals surface area contributed by atoms with Crippen molar-refractivity contribution in [2.45, 2.75) is 12.1 Å². The molecule has 0 bridgehead atoms. The zero-order valence-electron chi connectivity index (χ0n) is 19.2. The molecular formula is C23H30N2O7. The van der Waals surface area contributed by atoms with E-state index in [1.165, 1.54) is 28.4 Å². The Kier molecular flexibility index (Phi) is 7.32. The molecule has 2 aromatic rings. The van der Waals surface area contributed by atoms with Crippen LogP contribution in [0.3, 0.4) is 0 Å². The molecule has 1 aliphatic rings. The summed E-state index contributed by atoms with van der Waals surface area (Å²) in [6.07, 6.45) is -0.672. The molecule has 3 rings (SSSR count). The van der Waals surface area contributed by atoms with Gasteiger partial charge in [0.15, 0.2) is 35.0 Å². The van der Waals surface area contributed by atoms with Crippen LogP contribution in [-0.2, 0) is 0 Å². The van der Waals surface area contributed by atoms with Crippen molar-refractivity contribution < 1.29 is 33.6 Å². The summed E-state index contributed by atoms with van der Waals surface area (Å²) in [4.78, 5) is 15.7. The van der Waals surface area contributed by atoms with Crippen molar-refractivity contribution in [3.05, 3.63) is 35.4 Å². The number of carbonyl (C=O) groups is 1. The number of nitrogens with one attached hydrogen (secondary N) is 1. The summed E-state index contributed by atoms with van der Waals surface area (Å²) in [6, 6.07) is 6.58. The Balaban J connectivity index is 2.04. The largest absolute Gasteiger partial charge is 0.502 e. The van der Waals surface area contributed by atoms with Gasteiger partial charge in [0.1, 0.15) is 5.92 Å². The zero-order chi connectivity index (χ0) is 23.4. The van der Waals surface area contributed by atoms with Gasteiger partial charge in [0, 0.05) is 24.2 Å². The molecule has 174 valence electrons. The number of ether oxygens (including phenoxy) is 5. The first-order chi connectivity index (χ1) is 15.4. The summed E-state index contributed by atoms with van der Waals surface area (Å²) in [5.41, 5.74) is 0.945. The van der Waals surface area contributed by atoms with E-state index >= 15 is 0 Å². The number of carbonyl (C=O) groups excluding carboxylic acids is 1. The number of ketones is 1. The van der Waals surface area contributed by atoms with Crippen LogP contribution in [-0.4, -0.2) is 77.6 Å². The fraction of sp³-hybridized carbons (Fsp3) is 0.435. The molecule has 0 saturated carbocycles. The van der Waals surface area contributed by atoms with E-state index in [0.717, 1.165) is 6.54 Å². The van der Waals surface area contributed by atoms with Crippen LogP contribution in [0.5, 0.6) is 34.5 Å². The number of aromatic hydroxyl groups is 1. The maximum Gasteiger partial charge on any atom is 0.203 e. The summed E-state index contributed by atoms with van der Waals surface area (Å²) in [7, 11) is 9.87. The number of nitrogens with zero attached hydrogens (tertiary/aromatic N) is 1. The summed E-state index contributed by atoms with van der Waals surface area (Å²) in [5, 5.41) is 13.9. The fourth-order valence-electron chi connectivity index (χ4n) is 3.73. The van der Waals surface area contributed by atoms with Crippen LogP contribution in [0.15, 0.2) is 24.3 Å². The zero-order valence-corrected chi connectivity index (χ0v) is 19.2. The van der Waals surface area contributed by atoms with Crippen molar-refractivity contribution in [3.63, 3.8) is 0 Å². The first kappa shape index (κ1) is 23.5. The molecule has 0 saturated heterocycles. The Morgan fingerprint density at radius 2 is 1.66 bits per heavy atom. The maximum absolute atomic E-state index is 13.7. The number of phenolic OH excluding ortho intramolecular Hbond substituents is 1. The minimum atomic E-state index is -0.702. The number of likely N-dealkylation sites (N-methyl/N-ethyl adjacent to an activating group) is 1. The highest BCUT2D eigenvalue weighted by molar-refractivity contribution is 6.03. The number of methoxy groups -OCH3 is 4. The number of Topliss-reactive ketones (excluding diaryl/α,β-unsaturated/α-hetero) is 1. The number of phenols is 1. The van der Waals surface area contributed by atoms with Crippen molar-refractivity contribution in [1.29, 1.82) is 0 Å². The molecular weight excluding hydrogens is 416 g/mol. The summed E-state index contributed by atoms with van der Waals surface area (Å²) >= 11 is 0. The average molecular weight is 447 g/mol. The molecule has 0 fully saturated rings. The molecule has 2 aromatic carbocycles. The van der Waals surface area contributed by atoms with Gasteiger partial charge >= 0.3 is 0 Å². The molecule has 9 nitrogen and oxygen atoms in total. The molecule has 2 unspecified atom stereocenters. The van der Waals surface area contributed by atoms with Crippen LogP contribution >= 0.6 is 0 Å². The highest BCUT2D eigenvalue weighted by atomic mass is 16.5. The monoisotopic (exact) mass is 446 g/mol. The van der Waals surface area contributed by atoms with Gasteiger partial charge in [0.05, 0.1) is 28.4 Å². The highest BCUT2D eigenvalue weighted by Gasteiger charge is 2.42. The van der Waals surface area contributed by atoms with E-state index in [9.17, 15) is 9.90 Å². The van der Waals surface area contributed by atoms with E-state index in [4.69, 9.17) is 23.7 Å². The third-order valence-corrected chi connectivity index (χ3v) is 5.36. The summed E-state index contributed by atoms with van der Waals surface area (Å²) in [6.45, 7) is 1.33. The molecule has 2 atom stereocenters. The predicted octanol–water partition coefficient (Wildman–Crippen LogP) is 2.26. The van der Waals surface area contributed by atoms with Gasteiger partial charge < -0.3 is 33.7 Å². The molecule has 0 aliphatic carbocycles. The van der Waals surface area contributed by atoms with Crippen molar-refractivity contribution in [2.75, 3.05) is 55.6 Å². The Labute approximate surface area is 187 Å². The summed E-state index contributed by atoms with van der Waals surface area (Å²) in [5.74, 6) is 0.617. The number of benzene rings is 2. The topological polar surface area (TPSA) is 98.7 Å². The smallest absolute Gasteiger partial charge is 0.203 e. The molecule has 1 heterocycles. The van der Waals surface area contributed by atoms with Crippen LogP contribution in [0.1, 0.15) is 21.8 Å². The molecule has 2 N–H and O–H groups in total. The first-order valence-electron chi connectivity index (χ1n) is 10.1. The van der Waals surface area contributed by atoms with E-state index in [-0.39, 0.29) is 23.0 Å². The minimum absolute atomic E-state index is 0.135. The quantitative estimate of drug-likeness (QED) is 0.533. The third-order valence-electron chi connectivity index (χ3n) is 5.36. The van der Waals surface area contributed by atoms with Gasteiger partial charge in [-0.3, -0.25) is 10.1 Å². The standard InChI is InChI=1S/C23H30N2O7/c1-25(2)10-9-24-23-18(14-7-8-15(28-3)20(27)21(14)32-23)19(26)13-11-16(29-4)22(31-6)17(12-13)30-5/h7-8,11-12,18,23-24,27H,9-10H2,1-6H3. The van der Waals surface area contributed by atoms with Gasteiger partial charge in [-0.25, -0.2) is 0 Å². The van der Waals surface area contributed by atoms with E-state index in [2.05, 4.69) is 5.32 Å². The molecule has 32 heavy (non-hydrogen) atoms. The van der Waals surface area contributed by atoms with Crippen LogP contribution in [0.25, 0.3) is 0 Å². The molecule has 1 aliphatic heterocycles. The Morgan fingerprint density at radius 1 is 1.03 bits per heavy atom. The average Bonchev–Trinajstić information content (AvgIpc) is 3.16. The highest BCUT2D eigenvalue weighted by Crippen LogP contribution is 2.49. The van der Waals surface area contributed by atoms with Crippen LogP contribution in [0.4, 0.5) is 0 Å². The molecule has 0 spiro atoms. The number of hydrogen-bond acceptors (Lipinski definition) is 9. The lowest BCUT2D eigenvalue weighted by molar-refractivity contribution is 0.0855. The van der Waals surface area contributed by atoms with E-state index in [1.54, 1.807) is 24.3 Å². The second kappa shape index (κ2) is 9.97. The number of rotatable bonds is 10. The second-order valence-electron chi connectivity index (χ2n) is 7.59. The van der Waals surface area contributed by atoms with Gasteiger partial charge in [-0.1, -0.05) is 6.07 Å². The maximum atomic E-state index is 13.7. The van der Waals surface area contributed by atoms with Crippen LogP contribution in [0.2, 0.25) is 0 Å². The van der Waals surface area contributed by atoms with E-state index < -0.39 is 12.1 Å². The number of fused-ring (bicyclic) bond motifs is 1. The lowest BCUT2D eigenvalue weighted by Crippen LogP contribution is -2.42. The second-order valence-corrected chi connectivity index (χ2v) is 7.59. The minimum Gasteiger partial charge on any atom is -0.502 e. The SMILES string of the molecule is COc1ccc2c(c1O)OC(NCCN(C)C)C2C(=O)c1cc(OC)c(OC)c(OC)c1. The fourth-order valence-corrected chi connectivity index (χ4v) is 3.73. The van der Waals surface area contributed by atoms with Gasteiger partial charge in [0.25, 0.3) is 0 Å². The molecule has 0 radical (unpaired) electrons. The normalized spacial score (nSPS) is 17.0. The predicted molar refractivity (Wildman–Crippen MR) is 119 cm³/mol. The Morgan fingerprint density at radius 3 is 2.19 bits per heavy atom. The van der Waals surface area contributed by atoms with Crippen molar-refractivity contribution in [3.8, 4) is 34.5 Å². The van der Waals surface area contributed by atoms with Crippen molar-refractivity contribution in [2.24, 2.45) is 0 Å². The first-order valence-corrected chi connectivity index (χ1v) is 10.1. The van der Waals surface area contributed by atoms with Gasteiger partial charge in [-0.2, -0.15) is 0 Å². The lowest BCUT2D eigenvalue weighted by Gasteiger charge is -2.21. The van der Waals surface area contributed by atoms with Crippen LogP contribution < -0.4 is 29.0 Å². The summed E-state index contributed by atoms with van der Waals surface area (Å²) < 4.78 is 27.4. The van der Waals surface area contributed by atoms with Crippen LogP contribution in [0, 0.1) is 0 Å². The lowest BCUT2D eigenvalue weighted by atomic mass is 9.89. The van der Waals surface area contributed by atoms with E-state index in [1.807, 2.05) is 19.0 Å². The number of hydrogen-bond donors (Lipinski definition) is 2. The van der Waals surface area contributed by atoms with Crippen molar-refractivity contribution in [1.82, 2.24) is 10.2 Å². The molecule has 0 aromatic heterocycles.